The van der Waals surface area contributed by atoms with Gasteiger partial charge in [0.15, 0.2) is 5.13 Å². The number of carbonyl (C=O) groups excluding carboxylic acids is 2. The standard InChI is InChI=1S/C21H18N4O2S2/c1-11-4-9-16-17(10-11)29-20(24-16)14-5-7-15(8-6-14)23-18(26)19(27)25-21-22-12(2)13(3)28-21/h4-10H,1-3H3,(H,23,26)(H,22,25,27). The smallest absolute Gasteiger partial charge is 0.315 e. The molecule has 0 aliphatic heterocycles. The number of thiazole rings is 2. The molecule has 29 heavy (non-hydrogen) atoms. The lowest BCUT2D eigenvalue weighted by Gasteiger charge is -2.05. The maximum atomic E-state index is 12.2. The zero-order chi connectivity index (χ0) is 20.5. The molecule has 0 atom stereocenters. The molecule has 0 saturated heterocycles. The molecule has 2 aromatic carbocycles. The second kappa shape index (κ2) is 7.73. The van der Waals surface area contributed by atoms with E-state index >= 15 is 0 Å². The highest BCUT2D eigenvalue weighted by Gasteiger charge is 2.16. The second-order valence-corrected chi connectivity index (χ2v) is 8.87. The number of hydrogen-bond donors (Lipinski definition) is 2. The van der Waals surface area contributed by atoms with E-state index in [0.29, 0.717) is 10.8 Å². The number of rotatable bonds is 3. The summed E-state index contributed by atoms with van der Waals surface area (Å²) in [6.45, 7) is 5.83. The Balaban J connectivity index is 1.44. The third-order valence-corrected chi connectivity index (χ3v) is 6.44. The summed E-state index contributed by atoms with van der Waals surface area (Å²) >= 11 is 2.96. The molecule has 0 spiro atoms. The number of hydrogen-bond acceptors (Lipinski definition) is 6. The van der Waals surface area contributed by atoms with Gasteiger partial charge in [0.2, 0.25) is 0 Å². The lowest BCUT2D eigenvalue weighted by atomic mass is 10.2. The second-order valence-electron chi connectivity index (χ2n) is 6.64. The largest absolute Gasteiger partial charge is 0.318 e. The highest BCUT2D eigenvalue weighted by molar-refractivity contribution is 7.21. The first kappa shape index (κ1) is 19.2. The van der Waals surface area contributed by atoms with E-state index in [2.05, 4.69) is 33.6 Å². The molecule has 6 nitrogen and oxygen atoms in total. The van der Waals surface area contributed by atoms with Crippen LogP contribution in [0.1, 0.15) is 16.1 Å². The number of aromatic nitrogens is 2. The average molecular weight is 423 g/mol. The van der Waals surface area contributed by atoms with Gasteiger partial charge in [0.1, 0.15) is 5.01 Å². The molecular weight excluding hydrogens is 404 g/mol. The van der Waals surface area contributed by atoms with Gasteiger partial charge in [-0.1, -0.05) is 6.07 Å². The lowest BCUT2D eigenvalue weighted by Crippen LogP contribution is -2.29. The predicted octanol–water partition coefficient (Wildman–Crippen LogP) is 4.92. The Morgan fingerprint density at radius 2 is 1.59 bits per heavy atom. The predicted molar refractivity (Wildman–Crippen MR) is 119 cm³/mol. The number of amides is 2. The number of nitrogens with zero attached hydrogens (tertiary/aromatic N) is 2. The quantitative estimate of drug-likeness (QED) is 0.459. The fraction of sp³-hybridized carbons (Fsp3) is 0.143. The highest BCUT2D eigenvalue weighted by Crippen LogP contribution is 2.31. The number of aryl methyl sites for hydroxylation is 3. The van der Waals surface area contributed by atoms with Gasteiger partial charge in [0.25, 0.3) is 0 Å². The maximum absolute atomic E-state index is 12.2. The minimum atomic E-state index is -0.746. The van der Waals surface area contributed by atoms with Gasteiger partial charge in [0, 0.05) is 16.1 Å². The molecule has 0 bridgehead atoms. The van der Waals surface area contributed by atoms with Crippen LogP contribution in [0.15, 0.2) is 42.5 Å². The summed E-state index contributed by atoms with van der Waals surface area (Å²) in [4.78, 5) is 34.1. The van der Waals surface area contributed by atoms with Crippen molar-refractivity contribution in [3.05, 3.63) is 58.6 Å². The molecule has 0 radical (unpaired) electrons. The summed E-state index contributed by atoms with van der Waals surface area (Å²) in [5, 5.41) is 6.46. The van der Waals surface area contributed by atoms with E-state index in [1.807, 2.05) is 38.1 Å². The molecule has 0 aliphatic rings. The van der Waals surface area contributed by atoms with Crippen molar-refractivity contribution in [3.8, 4) is 10.6 Å². The molecule has 0 fully saturated rings. The van der Waals surface area contributed by atoms with Gasteiger partial charge in [-0.3, -0.25) is 14.9 Å². The summed E-state index contributed by atoms with van der Waals surface area (Å²) in [5.41, 5.74) is 4.51. The molecule has 2 heterocycles. The van der Waals surface area contributed by atoms with E-state index in [1.165, 1.54) is 16.9 Å². The fourth-order valence-electron chi connectivity index (χ4n) is 2.72. The molecule has 8 heteroatoms. The van der Waals surface area contributed by atoms with Crippen molar-refractivity contribution in [3.63, 3.8) is 0 Å². The van der Waals surface area contributed by atoms with Crippen molar-refractivity contribution in [2.24, 2.45) is 0 Å². The Bertz CT molecular complexity index is 1210. The van der Waals surface area contributed by atoms with Gasteiger partial charge in [-0.2, -0.15) is 0 Å². The van der Waals surface area contributed by atoms with Crippen molar-refractivity contribution < 1.29 is 9.59 Å². The summed E-state index contributed by atoms with van der Waals surface area (Å²) in [7, 11) is 0. The zero-order valence-corrected chi connectivity index (χ0v) is 17.7. The molecule has 2 N–H and O–H groups in total. The van der Waals surface area contributed by atoms with Crippen LogP contribution < -0.4 is 10.6 Å². The topological polar surface area (TPSA) is 84.0 Å². The highest BCUT2D eigenvalue weighted by atomic mass is 32.1. The number of anilines is 2. The van der Waals surface area contributed by atoms with Gasteiger partial charge in [0.05, 0.1) is 15.9 Å². The van der Waals surface area contributed by atoms with E-state index in [4.69, 9.17) is 0 Å². The molecule has 146 valence electrons. The Hall–Kier alpha value is -3.10. The molecule has 4 aromatic rings. The maximum Gasteiger partial charge on any atom is 0.315 e. The average Bonchev–Trinajstić information content (AvgIpc) is 3.24. The van der Waals surface area contributed by atoms with Crippen LogP contribution in [0, 0.1) is 20.8 Å². The van der Waals surface area contributed by atoms with Crippen molar-refractivity contribution in [1.82, 2.24) is 9.97 Å². The van der Waals surface area contributed by atoms with Crippen LogP contribution in [0.2, 0.25) is 0 Å². The van der Waals surface area contributed by atoms with E-state index in [-0.39, 0.29) is 0 Å². The molecule has 0 aliphatic carbocycles. The van der Waals surface area contributed by atoms with Crippen LogP contribution >= 0.6 is 22.7 Å². The number of benzene rings is 2. The number of nitrogens with one attached hydrogen (secondary N) is 2. The van der Waals surface area contributed by atoms with Crippen LogP contribution in [0.3, 0.4) is 0 Å². The zero-order valence-electron chi connectivity index (χ0n) is 16.1. The third-order valence-electron chi connectivity index (χ3n) is 4.39. The molecule has 0 saturated carbocycles. The molecular formula is C21H18N4O2S2. The first-order chi connectivity index (χ1) is 13.9. The summed E-state index contributed by atoms with van der Waals surface area (Å²) in [6, 6.07) is 13.5. The first-order valence-electron chi connectivity index (χ1n) is 8.93. The number of fused-ring (bicyclic) bond motifs is 1. The van der Waals surface area contributed by atoms with Crippen LogP contribution in [-0.4, -0.2) is 21.8 Å². The summed E-state index contributed by atoms with van der Waals surface area (Å²) in [6.07, 6.45) is 0. The molecule has 4 rings (SSSR count). The van der Waals surface area contributed by atoms with Gasteiger partial charge in [-0.05, 0) is 62.7 Å². The third kappa shape index (κ3) is 4.18. The van der Waals surface area contributed by atoms with Gasteiger partial charge >= 0.3 is 11.8 Å². The van der Waals surface area contributed by atoms with Crippen LogP contribution in [0.4, 0.5) is 10.8 Å². The minimum Gasteiger partial charge on any atom is -0.318 e. The first-order valence-corrected chi connectivity index (χ1v) is 10.6. The van der Waals surface area contributed by atoms with Crippen LogP contribution in [-0.2, 0) is 9.59 Å². The molecule has 2 aromatic heterocycles. The van der Waals surface area contributed by atoms with Crippen molar-refractivity contribution >= 4 is 55.5 Å². The Labute approximate surface area is 175 Å². The van der Waals surface area contributed by atoms with E-state index in [1.54, 1.807) is 23.5 Å². The van der Waals surface area contributed by atoms with Gasteiger partial charge in [-0.25, -0.2) is 9.97 Å². The van der Waals surface area contributed by atoms with Crippen molar-refractivity contribution in [2.45, 2.75) is 20.8 Å². The Kier molecular flexibility index (Phi) is 5.12. The molecule has 2 amide bonds. The molecule has 0 unspecified atom stereocenters. The van der Waals surface area contributed by atoms with Crippen molar-refractivity contribution in [2.75, 3.05) is 10.6 Å². The summed E-state index contributed by atoms with van der Waals surface area (Å²) < 4.78 is 1.14. The monoisotopic (exact) mass is 422 g/mol. The van der Waals surface area contributed by atoms with Crippen LogP contribution in [0.5, 0.6) is 0 Å². The van der Waals surface area contributed by atoms with Gasteiger partial charge in [-0.15, -0.1) is 22.7 Å². The van der Waals surface area contributed by atoms with Crippen molar-refractivity contribution in [1.29, 1.82) is 0 Å². The Morgan fingerprint density at radius 1 is 0.862 bits per heavy atom. The minimum absolute atomic E-state index is 0.418. The van der Waals surface area contributed by atoms with Gasteiger partial charge < -0.3 is 5.32 Å². The van der Waals surface area contributed by atoms with Crippen LogP contribution in [0.25, 0.3) is 20.8 Å². The summed E-state index contributed by atoms with van der Waals surface area (Å²) in [5.74, 6) is -1.48. The van der Waals surface area contributed by atoms with E-state index in [9.17, 15) is 9.59 Å². The number of carbonyl (C=O) groups is 2. The SMILES string of the molecule is Cc1ccc2nc(-c3ccc(NC(=O)C(=O)Nc4nc(C)c(C)s4)cc3)sc2c1. The Morgan fingerprint density at radius 3 is 2.28 bits per heavy atom. The van der Waals surface area contributed by atoms with E-state index < -0.39 is 11.8 Å². The fourth-order valence-corrected chi connectivity index (χ4v) is 4.60. The van der Waals surface area contributed by atoms with E-state index in [0.717, 1.165) is 31.4 Å². The lowest BCUT2D eigenvalue weighted by molar-refractivity contribution is -0.132. The normalized spacial score (nSPS) is 10.9.